The van der Waals surface area contributed by atoms with Gasteiger partial charge in [-0.25, -0.2) is 9.78 Å². The van der Waals surface area contributed by atoms with Crippen LogP contribution in [0.4, 0.5) is 5.82 Å². The molecule has 0 spiro atoms. The first-order valence-corrected chi connectivity index (χ1v) is 11.9. The molecule has 11 heteroatoms. The Labute approximate surface area is 191 Å². The van der Waals surface area contributed by atoms with E-state index in [0.717, 1.165) is 5.03 Å². The van der Waals surface area contributed by atoms with Crippen LogP contribution < -0.4 is 11.0 Å². The molecule has 3 heterocycles. The molecule has 1 saturated heterocycles. The van der Waals surface area contributed by atoms with Gasteiger partial charge in [-0.3, -0.25) is 9.36 Å². The highest BCUT2D eigenvalue weighted by Gasteiger charge is 2.45. The average Bonchev–Trinajstić information content (AvgIpc) is 3.14. The molecule has 1 aliphatic rings. The number of aliphatic hydroxyl groups excluding tert-OH is 2. The minimum atomic E-state index is -1.00. The van der Waals surface area contributed by atoms with Crippen LogP contribution in [-0.2, 0) is 4.74 Å². The van der Waals surface area contributed by atoms with Gasteiger partial charge in [-0.2, -0.15) is 4.98 Å². The van der Waals surface area contributed by atoms with Gasteiger partial charge in [0.25, 0.3) is 5.91 Å². The molecule has 1 fully saturated rings. The van der Waals surface area contributed by atoms with Crippen molar-refractivity contribution in [2.24, 2.45) is 0 Å². The first-order chi connectivity index (χ1) is 15.6. The molecular formula is C21H20N4O5S2. The van der Waals surface area contributed by atoms with E-state index in [1.807, 2.05) is 12.1 Å². The monoisotopic (exact) mass is 472 g/mol. The lowest BCUT2D eigenvalue weighted by Gasteiger charge is -2.20. The number of aromatic nitrogens is 3. The maximum Gasteiger partial charge on any atom is 0.351 e. The number of ether oxygens (including phenoxy) is 1. The van der Waals surface area contributed by atoms with E-state index >= 15 is 0 Å². The highest BCUT2D eigenvalue weighted by Crippen LogP contribution is 2.44. The van der Waals surface area contributed by atoms with Crippen molar-refractivity contribution < 1.29 is 19.7 Å². The third-order valence-corrected chi connectivity index (χ3v) is 7.47. The van der Waals surface area contributed by atoms with Gasteiger partial charge < -0.3 is 20.3 Å². The number of carbonyl (C=O) groups excluding carboxylic acids is 1. The van der Waals surface area contributed by atoms with Crippen LogP contribution in [0.1, 0.15) is 16.6 Å². The van der Waals surface area contributed by atoms with Gasteiger partial charge in [0.2, 0.25) is 0 Å². The number of hydrogen-bond donors (Lipinski definition) is 3. The highest BCUT2D eigenvalue weighted by atomic mass is 33.1. The van der Waals surface area contributed by atoms with Crippen molar-refractivity contribution in [3.05, 3.63) is 83.0 Å². The van der Waals surface area contributed by atoms with Crippen LogP contribution in [0.25, 0.3) is 0 Å². The number of rotatable bonds is 7. The van der Waals surface area contributed by atoms with Crippen molar-refractivity contribution in [2.45, 2.75) is 28.7 Å². The lowest BCUT2D eigenvalue weighted by molar-refractivity contribution is -0.0456. The second-order valence-corrected chi connectivity index (χ2v) is 9.27. The molecule has 1 amide bonds. The second-order valence-electron chi connectivity index (χ2n) is 6.87. The van der Waals surface area contributed by atoms with Crippen LogP contribution in [0.3, 0.4) is 0 Å². The Balaban J connectivity index is 1.52. The summed E-state index contributed by atoms with van der Waals surface area (Å²) in [4.78, 5) is 33.2. The SMILES string of the molecule is O=C(Nc1ccn([C@@H]2O[C@H](CO)[C@@H](O)[C@H]2SSc2ccccn2)c(=O)n1)c1ccccc1. The zero-order valence-electron chi connectivity index (χ0n) is 16.6. The molecule has 0 aliphatic carbocycles. The quantitative estimate of drug-likeness (QED) is 0.442. The summed E-state index contributed by atoms with van der Waals surface area (Å²) in [5.41, 5.74) is -0.213. The summed E-state index contributed by atoms with van der Waals surface area (Å²) in [7, 11) is 2.64. The summed E-state index contributed by atoms with van der Waals surface area (Å²) in [6, 6.07) is 15.5. The van der Waals surface area contributed by atoms with Gasteiger partial charge in [-0.15, -0.1) is 0 Å². The van der Waals surface area contributed by atoms with Crippen molar-refractivity contribution >= 4 is 33.3 Å². The Morgan fingerprint density at radius 2 is 1.94 bits per heavy atom. The first kappa shape index (κ1) is 22.5. The second kappa shape index (κ2) is 10.3. The van der Waals surface area contributed by atoms with Crippen LogP contribution in [-0.4, -0.2) is 54.7 Å². The smallest absolute Gasteiger partial charge is 0.351 e. The Hall–Kier alpha value is -2.70. The number of nitrogens with one attached hydrogen (secondary N) is 1. The molecule has 3 N–H and O–H groups in total. The lowest BCUT2D eigenvalue weighted by atomic mass is 10.2. The molecular weight excluding hydrogens is 452 g/mol. The molecule has 0 bridgehead atoms. The summed E-state index contributed by atoms with van der Waals surface area (Å²) in [6.07, 6.45) is 0.408. The number of benzene rings is 1. The molecule has 4 rings (SSSR count). The van der Waals surface area contributed by atoms with Gasteiger partial charge in [0.1, 0.15) is 16.9 Å². The van der Waals surface area contributed by atoms with Gasteiger partial charge in [0, 0.05) is 18.0 Å². The maximum atomic E-state index is 12.7. The van der Waals surface area contributed by atoms with Crippen molar-refractivity contribution in [1.82, 2.24) is 14.5 Å². The number of amides is 1. The summed E-state index contributed by atoms with van der Waals surface area (Å²) in [5.74, 6) is -0.284. The van der Waals surface area contributed by atoms with Gasteiger partial charge >= 0.3 is 5.69 Å². The number of aliphatic hydroxyl groups is 2. The Bertz CT molecular complexity index is 1120. The van der Waals surface area contributed by atoms with Gasteiger partial charge in [-0.1, -0.05) is 35.1 Å². The Morgan fingerprint density at radius 1 is 1.16 bits per heavy atom. The van der Waals surface area contributed by atoms with Gasteiger partial charge in [0.05, 0.1) is 18.0 Å². The number of anilines is 1. The Morgan fingerprint density at radius 3 is 2.62 bits per heavy atom. The lowest BCUT2D eigenvalue weighted by Crippen LogP contribution is -2.34. The maximum absolute atomic E-state index is 12.7. The fraction of sp³-hybridized carbons (Fsp3) is 0.238. The van der Waals surface area contributed by atoms with Crippen molar-refractivity contribution in [3.8, 4) is 0 Å². The first-order valence-electron chi connectivity index (χ1n) is 9.71. The van der Waals surface area contributed by atoms with E-state index in [-0.39, 0.29) is 11.7 Å². The van der Waals surface area contributed by atoms with Crippen LogP contribution in [0, 0.1) is 0 Å². The number of hydrogen-bond acceptors (Lipinski definition) is 9. The predicted molar refractivity (Wildman–Crippen MR) is 121 cm³/mol. The van der Waals surface area contributed by atoms with Crippen LogP contribution >= 0.6 is 21.6 Å². The van der Waals surface area contributed by atoms with E-state index < -0.39 is 36.0 Å². The number of nitrogens with zero attached hydrogens (tertiary/aromatic N) is 3. The molecule has 3 aromatic rings. The molecule has 32 heavy (non-hydrogen) atoms. The van der Waals surface area contributed by atoms with E-state index in [1.165, 1.54) is 38.4 Å². The molecule has 0 unspecified atom stereocenters. The minimum Gasteiger partial charge on any atom is -0.394 e. The van der Waals surface area contributed by atoms with E-state index in [2.05, 4.69) is 15.3 Å². The van der Waals surface area contributed by atoms with E-state index in [1.54, 1.807) is 42.6 Å². The summed E-state index contributed by atoms with van der Waals surface area (Å²) < 4.78 is 7.01. The minimum absolute atomic E-state index is 0.101. The van der Waals surface area contributed by atoms with Crippen LogP contribution in [0.5, 0.6) is 0 Å². The zero-order valence-corrected chi connectivity index (χ0v) is 18.3. The largest absolute Gasteiger partial charge is 0.394 e. The highest BCUT2D eigenvalue weighted by molar-refractivity contribution is 8.76. The zero-order chi connectivity index (χ0) is 22.5. The summed E-state index contributed by atoms with van der Waals surface area (Å²) >= 11 is 0. The topological polar surface area (TPSA) is 127 Å². The number of pyridine rings is 1. The molecule has 1 aromatic carbocycles. The van der Waals surface area contributed by atoms with Crippen molar-refractivity contribution in [3.63, 3.8) is 0 Å². The number of carbonyl (C=O) groups is 1. The normalized spacial score (nSPS) is 22.6. The molecule has 166 valence electrons. The predicted octanol–water partition coefficient (Wildman–Crippen LogP) is 1.95. The third kappa shape index (κ3) is 5.03. The molecule has 0 saturated carbocycles. The fourth-order valence-electron chi connectivity index (χ4n) is 3.15. The van der Waals surface area contributed by atoms with Gasteiger partial charge in [0.15, 0.2) is 6.23 Å². The molecule has 2 aromatic heterocycles. The van der Waals surface area contributed by atoms with Crippen LogP contribution in [0.2, 0.25) is 0 Å². The summed E-state index contributed by atoms with van der Waals surface area (Å²) in [6.45, 7) is -0.392. The molecule has 9 nitrogen and oxygen atoms in total. The van der Waals surface area contributed by atoms with Gasteiger partial charge in [-0.05, 0) is 41.1 Å². The van der Waals surface area contributed by atoms with E-state index in [0.29, 0.717) is 5.56 Å². The third-order valence-electron chi connectivity index (χ3n) is 4.76. The Kier molecular flexibility index (Phi) is 7.22. The van der Waals surface area contributed by atoms with E-state index in [9.17, 15) is 19.8 Å². The van der Waals surface area contributed by atoms with Crippen LogP contribution in [0.15, 0.2) is 76.8 Å². The fourth-order valence-corrected chi connectivity index (χ4v) is 5.73. The average molecular weight is 473 g/mol. The summed E-state index contributed by atoms with van der Waals surface area (Å²) in [5, 5.41) is 22.9. The van der Waals surface area contributed by atoms with E-state index in [4.69, 9.17) is 4.74 Å². The van der Waals surface area contributed by atoms with Crippen molar-refractivity contribution in [1.29, 1.82) is 0 Å². The molecule has 4 atom stereocenters. The standard InChI is InChI=1S/C21H20N4O5S2/c26-12-14-17(27)18(32-31-16-8-4-5-10-22-16)20(30-14)25-11-9-15(24-21(25)29)23-19(28)13-6-2-1-3-7-13/h1-11,14,17-18,20,26-27H,12H2,(H,23,24,28,29)/t14-,17-,18-,20-/m1/s1. The van der Waals surface area contributed by atoms with Crippen molar-refractivity contribution in [2.75, 3.05) is 11.9 Å². The molecule has 1 aliphatic heterocycles. The molecule has 0 radical (unpaired) electrons.